The van der Waals surface area contributed by atoms with Gasteiger partial charge in [0.25, 0.3) is 0 Å². The molecule has 0 bridgehead atoms. The Balaban J connectivity index is 2.28. The fraction of sp³-hybridized carbons (Fsp3) is 0.667. The van der Waals surface area contributed by atoms with Crippen LogP contribution in [0.25, 0.3) is 0 Å². The van der Waals surface area contributed by atoms with Crippen LogP contribution in [0.5, 0.6) is 0 Å². The van der Waals surface area contributed by atoms with E-state index in [2.05, 4.69) is 5.10 Å². The molecule has 0 radical (unpaired) electrons. The average molecular weight is 266 g/mol. The Labute approximate surface area is 111 Å². The third kappa shape index (κ3) is 2.32. The van der Waals surface area contributed by atoms with E-state index in [0.29, 0.717) is 11.4 Å². The summed E-state index contributed by atoms with van der Waals surface area (Å²) in [6.45, 7) is 6.50. The molecule has 7 nitrogen and oxygen atoms in total. The van der Waals surface area contributed by atoms with Gasteiger partial charge in [0, 0.05) is 13.1 Å². The molecule has 2 heterocycles. The number of aryl methyl sites for hydroxylation is 1. The van der Waals surface area contributed by atoms with Crippen molar-refractivity contribution in [2.24, 2.45) is 0 Å². The number of hydrogen-bond donors (Lipinski definition) is 0. The van der Waals surface area contributed by atoms with Gasteiger partial charge in [0.2, 0.25) is 5.91 Å². The molecule has 2 rings (SSSR count). The molecule has 0 saturated carbocycles. The molecule has 1 amide bonds. The van der Waals surface area contributed by atoms with Crippen molar-refractivity contribution >= 4 is 11.6 Å². The maximum absolute atomic E-state index is 12.3. The van der Waals surface area contributed by atoms with E-state index in [1.54, 1.807) is 25.7 Å². The molecule has 1 aromatic rings. The van der Waals surface area contributed by atoms with Crippen LogP contribution in [0.3, 0.4) is 0 Å². The van der Waals surface area contributed by atoms with E-state index in [-0.39, 0.29) is 11.6 Å². The van der Waals surface area contributed by atoms with Crippen LogP contribution in [0.4, 0.5) is 5.69 Å². The molecule has 19 heavy (non-hydrogen) atoms. The maximum Gasteiger partial charge on any atom is 0.312 e. The Morgan fingerprint density at radius 1 is 1.37 bits per heavy atom. The second kappa shape index (κ2) is 4.99. The Hall–Kier alpha value is -1.92. The normalized spacial score (nSPS) is 16.7. The molecule has 1 unspecified atom stereocenters. The van der Waals surface area contributed by atoms with Gasteiger partial charge >= 0.3 is 5.69 Å². The predicted molar refractivity (Wildman–Crippen MR) is 68.9 cm³/mol. The Morgan fingerprint density at radius 3 is 2.42 bits per heavy atom. The number of aromatic nitrogens is 2. The molecular formula is C12H18N4O3. The van der Waals surface area contributed by atoms with Crippen molar-refractivity contribution < 1.29 is 9.72 Å². The van der Waals surface area contributed by atoms with Crippen molar-refractivity contribution in [3.63, 3.8) is 0 Å². The second-order valence-electron chi connectivity index (χ2n) is 4.93. The van der Waals surface area contributed by atoms with Crippen molar-refractivity contribution in [2.45, 2.75) is 39.7 Å². The third-order valence-corrected chi connectivity index (χ3v) is 3.61. The molecular weight excluding hydrogens is 248 g/mol. The second-order valence-corrected chi connectivity index (χ2v) is 4.93. The lowest BCUT2D eigenvalue weighted by molar-refractivity contribution is -0.386. The minimum absolute atomic E-state index is 0.000993. The number of hydrogen-bond acceptors (Lipinski definition) is 4. The number of nitrogens with zero attached hydrogens (tertiary/aromatic N) is 4. The van der Waals surface area contributed by atoms with Crippen LogP contribution in [0.15, 0.2) is 0 Å². The zero-order valence-corrected chi connectivity index (χ0v) is 11.4. The van der Waals surface area contributed by atoms with E-state index in [0.717, 1.165) is 25.9 Å². The lowest BCUT2D eigenvalue weighted by Crippen LogP contribution is -2.34. The largest absolute Gasteiger partial charge is 0.341 e. The molecule has 1 fully saturated rings. The molecule has 0 N–H and O–H groups in total. The molecule has 0 aliphatic carbocycles. The Morgan fingerprint density at radius 2 is 1.95 bits per heavy atom. The van der Waals surface area contributed by atoms with Crippen molar-refractivity contribution in [3.05, 3.63) is 21.5 Å². The quantitative estimate of drug-likeness (QED) is 0.614. The number of amides is 1. The molecule has 104 valence electrons. The topological polar surface area (TPSA) is 81.3 Å². The van der Waals surface area contributed by atoms with Crippen LogP contribution in [-0.2, 0) is 4.79 Å². The summed E-state index contributed by atoms with van der Waals surface area (Å²) in [5.74, 6) is -0.0157. The molecule has 1 saturated heterocycles. The van der Waals surface area contributed by atoms with Crippen LogP contribution in [0.1, 0.15) is 37.2 Å². The van der Waals surface area contributed by atoms with Crippen molar-refractivity contribution in [2.75, 3.05) is 13.1 Å². The fourth-order valence-corrected chi connectivity index (χ4v) is 2.60. The first kappa shape index (κ1) is 13.5. The van der Waals surface area contributed by atoms with E-state index < -0.39 is 11.0 Å². The number of carbonyl (C=O) groups excluding carboxylic acids is 1. The molecule has 0 spiro atoms. The summed E-state index contributed by atoms with van der Waals surface area (Å²) in [7, 11) is 0. The zero-order valence-electron chi connectivity index (χ0n) is 11.4. The van der Waals surface area contributed by atoms with E-state index in [9.17, 15) is 14.9 Å². The van der Waals surface area contributed by atoms with Gasteiger partial charge in [0.15, 0.2) is 0 Å². The summed E-state index contributed by atoms with van der Waals surface area (Å²) >= 11 is 0. The van der Waals surface area contributed by atoms with E-state index >= 15 is 0 Å². The average Bonchev–Trinajstić information content (AvgIpc) is 2.95. The van der Waals surface area contributed by atoms with Gasteiger partial charge in [-0.05, 0) is 33.6 Å². The highest BCUT2D eigenvalue weighted by Gasteiger charge is 2.30. The van der Waals surface area contributed by atoms with Crippen molar-refractivity contribution in [1.82, 2.24) is 14.7 Å². The summed E-state index contributed by atoms with van der Waals surface area (Å²) in [6.07, 6.45) is 2.05. The smallest absolute Gasteiger partial charge is 0.312 e. The minimum Gasteiger partial charge on any atom is -0.341 e. The highest BCUT2D eigenvalue weighted by molar-refractivity contribution is 5.80. The fourth-order valence-electron chi connectivity index (χ4n) is 2.60. The van der Waals surface area contributed by atoms with Crippen LogP contribution in [-0.4, -0.2) is 38.6 Å². The van der Waals surface area contributed by atoms with E-state index in [4.69, 9.17) is 0 Å². The molecule has 1 atom stereocenters. The monoisotopic (exact) mass is 266 g/mol. The molecule has 0 aromatic carbocycles. The highest BCUT2D eigenvalue weighted by atomic mass is 16.6. The van der Waals surface area contributed by atoms with Crippen LogP contribution in [0, 0.1) is 24.0 Å². The van der Waals surface area contributed by atoms with E-state index in [1.165, 1.54) is 4.68 Å². The standard InChI is InChI=1S/C12H18N4O3/c1-8-11(16(18)19)9(2)15(13-8)10(3)12(17)14-6-4-5-7-14/h10H,4-7H2,1-3H3. The number of nitro groups is 1. The number of carbonyl (C=O) groups is 1. The first-order chi connectivity index (χ1) is 8.93. The third-order valence-electron chi connectivity index (χ3n) is 3.61. The molecule has 1 aliphatic heterocycles. The number of rotatable bonds is 3. The first-order valence-corrected chi connectivity index (χ1v) is 6.42. The van der Waals surface area contributed by atoms with Crippen LogP contribution in [0.2, 0.25) is 0 Å². The highest BCUT2D eigenvalue weighted by Crippen LogP contribution is 2.25. The summed E-state index contributed by atoms with van der Waals surface area (Å²) in [5, 5.41) is 15.1. The molecule has 1 aliphatic rings. The van der Waals surface area contributed by atoms with Gasteiger partial charge in [0.05, 0.1) is 4.92 Å². The maximum atomic E-state index is 12.3. The van der Waals surface area contributed by atoms with Gasteiger partial charge in [-0.15, -0.1) is 0 Å². The Bertz CT molecular complexity index is 517. The van der Waals surface area contributed by atoms with Gasteiger partial charge in [-0.25, -0.2) is 0 Å². The summed E-state index contributed by atoms with van der Waals surface area (Å²) < 4.78 is 1.47. The lowest BCUT2D eigenvalue weighted by atomic mass is 10.2. The first-order valence-electron chi connectivity index (χ1n) is 6.42. The van der Waals surface area contributed by atoms with Crippen LogP contribution < -0.4 is 0 Å². The van der Waals surface area contributed by atoms with Gasteiger partial charge in [0.1, 0.15) is 17.4 Å². The Kier molecular flexibility index (Phi) is 3.55. The lowest BCUT2D eigenvalue weighted by Gasteiger charge is -2.21. The summed E-state index contributed by atoms with van der Waals surface area (Å²) in [4.78, 5) is 24.6. The van der Waals surface area contributed by atoms with Crippen molar-refractivity contribution in [3.8, 4) is 0 Å². The van der Waals surface area contributed by atoms with Crippen molar-refractivity contribution in [1.29, 1.82) is 0 Å². The number of likely N-dealkylation sites (tertiary alicyclic amines) is 1. The summed E-state index contributed by atoms with van der Waals surface area (Å²) in [5.41, 5.74) is 0.784. The van der Waals surface area contributed by atoms with Gasteiger partial charge in [-0.3, -0.25) is 19.6 Å². The SMILES string of the molecule is Cc1nn(C(C)C(=O)N2CCCC2)c(C)c1[N+](=O)[O-]. The predicted octanol–water partition coefficient (Wildman–Crippen LogP) is 1.59. The molecule has 1 aromatic heterocycles. The zero-order chi connectivity index (χ0) is 14.2. The summed E-state index contributed by atoms with van der Waals surface area (Å²) in [6, 6.07) is -0.495. The molecule has 7 heteroatoms. The van der Waals surface area contributed by atoms with E-state index in [1.807, 2.05) is 0 Å². The minimum atomic E-state index is -0.495. The van der Waals surface area contributed by atoms with Gasteiger partial charge in [-0.1, -0.05) is 0 Å². The van der Waals surface area contributed by atoms with Gasteiger partial charge < -0.3 is 4.90 Å². The van der Waals surface area contributed by atoms with Gasteiger partial charge in [-0.2, -0.15) is 5.10 Å². The van der Waals surface area contributed by atoms with Crippen LogP contribution >= 0.6 is 0 Å².